The fourth-order valence-electron chi connectivity index (χ4n) is 4.02. The lowest BCUT2D eigenvalue weighted by Crippen LogP contribution is -2.61. The zero-order valence-corrected chi connectivity index (χ0v) is 16.5. The minimum atomic E-state index is -0.401. The third-order valence-corrected chi connectivity index (χ3v) is 5.44. The minimum absolute atomic E-state index is 0.0478. The van der Waals surface area contributed by atoms with Crippen molar-refractivity contribution in [2.75, 3.05) is 26.3 Å². The molecule has 2 aliphatic rings. The number of likely N-dealkylation sites (tertiary alicyclic amines) is 1. The molecule has 0 spiro atoms. The standard InChI is InChI=1S/C21H24N2O6/c1-3-13-8-20(26)29-17-7-12(2)6-16(21(13)17)28-11-19(25)23-5-4-15-14(9-23)22-18(24)10-27-15/h6-8,14-15H,3-5,9-11H2,1-2H3,(H,22,24)/t14-,15+/m0/s1. The van der Waals surface area contributed by atoms with Gasteiger partial charge in [-0.25, -0.2) is 4.79 Å². The summed E-state index contributed by atoms with van der Waals surface area (Å²) in [4.78, 5) is 37.8. The number of nitrogens with zero attached hydrogens (tertiary/aromatic N) is 1. The number of hydrogen-bond donors (Lipinski definition) is 1. The number of carbonyl (C=O) groups excluding carboxylic acids is 2. The summed E-state index contributed by atoms with van der Waals surface area (Å²) in [5.74, 6) is 0.211. The van der Waals surface area contributed by atoms with Gasteiger partial charge in [0.1, 0.15) is 17.9 Å². The highest BCUT2D eigenvalue weighted by atomic mass is 16.5. The first-order valence-electron chi connectivity index (χ1n) is 9.83. The smallest absolute Gasteiger partial charge is 0.336 e. The SMILES string of the molecule is CCc1cc(=O)oc2cc(C)cc(OCC(=O)N3CC[C@H]4OCC(=O)N[C@H]4C3)c12. The van der Waals surface area contributed by atoms with Gasteiger partial charge in [0.2, 0.25) is 5.91 Å². The molecule has 1 aromatic carbocycles. The van der Waals surface area contributed by atoms with Crippen LogP contribution in [0.15, 0.2) is 27.4 Å². The Morgan fingerprint density at radius 2 is 2.14 bits per heavy atom. The Hall–Kier alpha value is -2.87. The van der Waals surface area contributed by atoms with Gasteiger partial charge in [-0.3, -0.25) is 9.59 Å². The molecule has 2 atom stereocenters. The second-order valence-electron chi connectivity index (χ2n) is 7.52. The number of hydrogen-bond acceptors (Lipinski definition) is 6. The van der Waals surface area contributed by atoms with Crippen LogP contribution < -0.4 is 15.7 Å². The van der Waals surface area contributed by atoms with Gasteiger partial charge in [-0.05, 0) is 43.0 Å². The first-order chi connectivity index (χ1) is 13.9. The zero-order valence-electron chi connectivity index (χ0n) is 16.5. The molecule has 0 radical (unpaired) electrons. The highest BCUT2D eigenvalue weighted by Crippen LogP contribution is 2.30. The summed E-state index contributed by atoms with van der Waals surface area (Å²) in [6.07, 6.45) is 1.27. The predicted octanol–water partition coefficient (Wildman–Crippen LogP) is 1.16. The van der Waals surface area contributed by atoms with E-state index in [1.165, 1.54) is 6.07 Å². The van der Waals surface area contributed by atoms with Gasteiger partial charge in [-0.1, -0.05) is 6.92 Å². The van der Waals surface area contributed by atoms with Gasteiger partial charge in [-0.15, -0.1) is 0 Å². The van der Waals surface area contributed by atoms with Gasteiger partial charge in [-0.2, -0.15) is 0 Å². The van der Waals surface area contributed by atoms with Crippen molar-refractivity contribution in [3.8, 4) is 5.75 Å². The molecule has 8 nitrogen and oxygen atoms in total. The van der Waals surface area contributed by atoms with E-state index in [9.17, 15) is 14.4 Å². The average molecular weight is 400 g/mol. The summed E-state index contributed by atoms with van der Waals surface area (Å²) in [5, 5.41) is 3.61. The van der Waals surface area contributed by atoms with Gasteiger partial charge < -0.3 is 24.1 Å². The molecule has 2 saturated heterocycles. The van der Waals surface area contributed by atoms with E-state index in [2.05, 4.69) is 5.32 Å². The number of benzene rings is 1. The summed E-state index contributed by atoms with van der Waals surface area (Å²) in [5.41, 5.74) is 1.75. The molecule has 1 N–H and O–H groups in total. The molecule has 2 fully saturated rings. The van der Waals surface area contributed by atoms with Gasteiger partial charge in [0.25, 0.3) is 5.91 Å². The summed E-state index contributed by atoms with van der Waals surface area (Å²) >= 11 is 0. The Morgan fingerprint density at radius 1 is 1.31 bits per heavy atom. The van der Waals surface area contributed by atoms with Crippen LogP contribution in [-0.2, 0) is 20.7 Å². The molecular weight excluding hydrogens is 376 g/mol. The van der Waals surface area contributed by atoms with Crippen molar-refractivity contribution >= 4 is 22.8 Å². The van der Waals surface area contributed by atoms with E-state index in [4.69, 9.17) is 13.9 Å². The van der Waals surface area contributed by atoms with Crippen molar-refractivity contribution in [3.05, 3.63) is 39.7 Å². The highest BCUT2D eigenvalue weighted by molar-refractivity contribution is 5.88. The number of ether oxygens (including phenoxy) is 2. The maximum Gasteiger partial charge on any atom is 0.336 e. The third kappa shape index (κ3) is 3.98. The molecule has 0 aliphatic carbocycles. The van der Waals surface area contributed by atoms with Crippen LogP contribution in [0.25, 0.3) is 11.0 Å². The number of rotatable bonds is 4. The van der Waals surface area contributed by atoms with E-state index in [0.29, 0.717) is 37.3 Å². The average Bonchev–Trinajstić information content (AvgIpc) is 2.70. The van der Waals surface area contributed by atoms with Crippen LogP contribution in [0.2, 0.25) is 0 Å². The fourth-order valence-corrected chi connectivity index (χ4v) is 4.02. The monoisotopic (exact) mass is 400 g/mol. The van der Waals surface area contributed by atoms with Crippen LogP contribution in [0, 0.1) is 6.92 Å². The number of carbonyl (C=O) groups is 2. The minimum Gasteiger partial charge on any atom is -0.483 e. The van der Waals surface area contributed by atoms with E-state index < -0.39 is 5.63 Å². The second kappa shape index (κ2) is 7.87. The van der Waals surface area contributed by atoms with Gasteiger partial charge in [0, 0.05) is 19.2 Å². The Balaban J connectivity index is 1.50. The Bertz CT molecular complexity index is 1010. The van der Waals surface area contributed by atoms with Gasteiger partial charge in [0.05, 0.1) is 17.5 Å². The molecule has 2 aliphatic heterocycles. The molecule has 3 heterocycles. The molecule has 2 aromatic rings. The lowest BCUT2D eigenvalue weighted by molar-refractivity contribution is -0.147. The molecule has 29 heavy (non-hydrogen) atoms. The second-order valence-corrected chi connectivity index (χ2v) is 7.52. The Morgan fingerprint density at radius 3 is 2.93 bits per heavy atom. The van der Waals surface area contributed by atoms with E-state index >= 15 is 0 Å². The summed E-state index contributed by atoms with van der Waals surface area (Å²) in [6, 6.07) is 4.91. The number of morpholine rings is 1. The van der Waals surface area contributed by atoms with E-state index in [1.807, 2.05) is 19.9 Å². The van der Waals surface area contributed by atoms with Crippen LogP contribution in [0.1, 0.15) is 24.5 Å². The maximum absolute atomic E-state index is 12.7. The van der Waals surface area contributed by atoms with Crippen molar-refractivity contribution in [1.29, 1.82) is 0 Å². The third-order valence-electron chi connectivity index (χ3n) is 5.44. The van der Waals surface area contributed by atoms with Gasteiger partial charge >= 0.3 is 5.63 Å². The van der Waals surface area contributed by atoms with Gasteiger partial charge in [0.15, 0.2) is 6.61 Å². The summed E-state index contributed by atoms with van der Waals surface area (Å²) < 4.78 is 16.7. The summed E-state index contributed by atoms with van der Waals surface area (Å²) in [7, 11) is 0. The molecule has 154 valence electrons. The molecule has 0 unspecified atom stereocenters. The first-order valence-corrected chi connectivity index (χ1v) is 9.83. The van der Waals surface area contributed by atoms with Crippen molar-refractivity contribution in [3.63, 3.8) is 0 Å². The molecule has 1 aromatic heterocycles. The fraction of sp³-hybridized carbons (Fsp3) is 0.476. The first kappa shape index (κ1) is 19.4. The molecule has 4 rings (SSSR count). The largest absolute Gasteiger partial charge is 0.483 e. The molecular formula is C21H24N2O6. The lowest BCUT2D eigenvalue weighted by Gasteiger charge is -2.41. The zero-order chi connectivity index (χ0) is 20.5. The molecule has 8 heteroatoms. The number of amides is 2. The highest BCUT2D eigenvalue weighted by Gasteiger charge is 2.36. The number of piperidine rings is 1. The van der Waals surface area contributed by atoms with Crippen LogP contribution in [0.4, 0.5) is 0 Å². The number of aryl methyl sites for hydroxylation is 2. The molecule has 0 saturated carbocycles. The maximum atomic E-state index is 12.7. The number of fused-ring (bicyclic) bond motifs is 2. The van der Waals surface area contributed by atoms with Crippen molar-refractivity contribution in [2.45, 2.75) is 38.8 Å². The molecule has 0 bridgehead atoms. The lowest BCUT2D eigenvalue weighted by atomic mass is 10.0. The van der Waals surface area contributed by atoms with Crippen LogP contribution in [-0.4, -0.2) is 55.2 Å². The molecule has 2 amide bonds. The van der Waals surface area contributed by atoms with Crippen LogP contribution in [0.5, 0.6) is 5.75 Å². The van der Waals surface area contributed by atoms with Crippen molar-refractivity contribution in [1.82, 2.24) is 10.2 Å². The van der Waals surface area contributed by atoms with E-state index in [-0.39, 0.29) is 37.2 Å². The van der Waals surface area contributed by atoms with E-state index in [0.717, 1.165) is 16.5 Å². The van der Waals surface area contributed by atoms with Crippen LogP contribution >= 0.6 is 0 Å². The predicted molar refractivity (Wildman–Crippen MR) is 105 cm³/mol. The Labute approximate surface area is 167 Å². The Kier molecular flexibility index (Phi) is 5.27. The van der Waals surface area contributed by atoms with Crippen molar-refractivity contribution < 1.29 is 23.5 Å². The quantitative estimate of drug-likeness (QED) is 0.774. The van der Waals surface area contributed by atoms with Crippen LogP contribution in [0.3, 0.4) is 0 Å². The normalized spacial score (nSPS) is 21.6. The summed E-state index contributed by atoms with van der Waals surface area (Å²) in [6.45, 7) is 4.74. The topological polar surface area (TPSA) is 98.1 Å². The van der Waals surface area contributed by atoms with E-state index in [1.54, 1.807) is 11.0 Å². The van der Waals surface area contributed by atoms with Crippen molar-refractivity contribution in [2.24, 2.45) is 0 Å². The number of nitrogens with one attached hydrogen (secondary N) is 1.